The fourth-order valence-electron chi connectivity index (χ4n) is 2.69. The molecule has 0 saturated heterocycles. The van der Waals surface area contributed by atoms with Crippen molar-refractivity contribution in [3.63, 3.8) is 0 Å². The number of aryl methyl sites for hydroxylation is 2. The van der Waals surface area contributed by atoms with Gasteiger partial charge >= 0.3 is 11.8 Å². The van der Waals surface area contributed by atoms with E-state index in [2.05, 4.69) is 15.6 Å². The Labute approximate surface area is 171 Å². The summed E-state index contributed by atoms with van der Waals surface area (Å²) in [6.07, 6.45) is 3.68. The molecule has 0 spiro atoms. The molecule has 1 aromatic carbocycles. The van der Waals surface area contributed by atoms with Crippen molar-refractivity contribution in [3.8, 4) is 0 Å². The molecule has 1 heterocycles. The molecule has 2 N–H and O–H groups in total. The molecule has 0 fully saturated rings. The fraction of sp³-hybridized carbons (Fsp3) is 0.381. The normalized spacial score (nSPS) is 13.4. The van der Waals surface area contributed by atoms with E-state index in [1.807, 2.05) is 20.8 Å². The SMILES string of the molecule is CC[C@@H](C)NC(=O)C(=O)NC[C@H](c1cccnc1)S(=O)(=O)c1ccc(C)c(C)c1. The lowest BCUT2D eigenvalue weighted by atomic mass is 10.1. The van der Waals surface area contributed by atoms with Crippen molar-refractivity contribution in [1.29, 1.82) is 0 Å². The first-order chi connectivity index (χ1) is 13.7. The Morgan fingerprint density at radius 2 is 1.83 bits per heavy atom. The molecule has 7 nitrogen and oxygen atoms in total. The summed E-state index contributed by atoms with van der Waals surface area (Å²) in [5, 5.41) is 3.95. The smallest absolute Gasteiger partial charge is 0.309 e. The Morgan fingerprint density at radius 1 is 1.10 bits per heavy atom. The summed E-state index contributed by atoms with van der Waals surface area (Å²) in [5.74, 6) is -1.65. The topological polar surface area (TPSA) is 105 Å². The highest BCUT2D eigenvalue weighted by Crippen LogP contribution is 2.29. The molecule has 2 rings (SSSR count). The van der Waals surface area contributed by atoms with Gasteiger partial charge < -0.3 is 10.6 Å². The highest BCUT2D eigenvalue weighted by atomic mass is 32.2. The summed E-state index contributed by atoms with van der Waals surface area (Å²) < 4.78 is 26.6. The maximum absolute atomic E-state index is 13.3. The van der Waals surface area contributed by atoms with Crippen LogP contribution in [-0.2, 0) is 19.4 Å². The van der Waals surface area contributed by atoms with Crippen LogP contribution < -0.4 is 10.6 Å². The predicted octanol–water partition coefficient (Wildman–Crippen LogP) is 2.24. The number of aromatic nitrogens is 1. The number of benzene rings is 1. The number of nitrogens with zero attached hydrogens (tertiary/aromatic N) is 1. The van der Waals surface area contributed by atoms with Gasteiger partial charge in [0.1, 0.15) is 5.25 Å². The number of hydrogen-bond acceptors (Lipinski definition) is 5. The lowest BCUT2D eigenvalue weighted by molar-refractivity contribution is -0.139. The highest BCUT2D eigenvalue weighted by molar-refractivity contribution is 7.91. The van der Waals surface area contributed by atoms with Gasteiger partial charge in [0.15, 0.2) is 9.84 Å². The third-order valence-electron chi connectivity index (χ3n) is 4.88. The molecular formula is C21H27N3O4S. The Balaban J connectivity index is 2.30. The van der Waals surface area contributed by atoms with Gasteiger partial charge in [-0.1, -0.05) is 19.1 Å². The minimum atomic E-state index is -3.83. The number of rotatable bonds is 7. The van der Waals surface area contributed by atoms with Crippen LogP contribution in [0.3, 0.4) is 0 Å². The van der Waals surface area contributed by atoms with Crippen LogP contribution in [0.5, 0.6) is 0 Å². The van der Waals surface area contributed by atoms with Crippen LogP contribution in [0.1, 0.15) is 42.2 Å². The van der Waals surface area contributed by atoms with Gasteiger partial charge in [-0.25, -0.2) is 8.42 Å². The second kappa shape index (κ2) is 9.65. The van der Waals surface area contributed by atoms with E-state index in [-0.39, 0.29) is 17.5 Å². The minimum absolute atomic E-state index is 0.151. The Bertz CT molecular complexity index is 975. The monoisotopic (exact) mass is 417 g/mol. The van der Waals surface area contributed by atoms with Gasteiger partial charge in [0.2, 0.25) is 0 Å². The number of sulfone groups is 1. The average Bonchev–Trinajstić information content (AvgIpc) is 2.70. The summed E-state index contributed by atoms with van der Waals surface area (Å²) >= 11 is 0. The third-order valence-corrected chi connectivity index (χ3v) is 6.98. The molecule has 0 radical (unpaired) electrons. The molecule has 0 aliphatic heterocycles. The maximum Gasteiger partial charge on any atom is 0.309 e. The van der Waals surface area contributed by atoms with E-state index < -0.39 is 26.9 Å². The zero-order valence-corrected chi connectivity index (χ0v) is 17.9. The molecule has 8 heteroatoms. The van der Waals surface area contributed by atoms with Gasteiger partial charge in [-0.3, -0.25) is 14.6 Å². The molecule has 156 valence electrons. The van der Waals surface area contributed by atoms with Crippen molar-refractivity contribution in [1.82, 2.24) is 15.6 Å². The first-order valence-corrected chi connectivity index (χ1v) is 11.0. The van der Waals surface area contributed by atoms with Crippen LogP contribution in [-0.4, -0.2) is 37.8 Å². The summed E-state index contributed by atoms with van der Waals surface area (Å²) in [4.78, 5) is 28.3. The molecule has 2 aromatic rings. The van der Waals surface area contributed by atoms with E-state index in [9.17, 15) is 18.0 Å². The van der Waals surface area contributed by atoms with Crippen LogP contribution in [0.25, 0.3) is 0 Å². The molecule has 1 aromatic heterocycles. The molecule has 0 saturated carbocycles. The van der Waals surface area contributed by atoms with E-state index in [0.29, 0.717) is 12.0 Å². The zero-order valence-electron chi connectivity index (χ0n) is 17.1. The first kappa shape index (κ1) is 22.5. The molecule has 0 aliphatic rings. The van der Waals surface area contributed by atoms with Gasteiger partial charge in [0.25, 0.3) is 0 Å². The quantitative estimate of drug-likeness (QED) is 0.672. The van der Waals surface area contributed by atoms with E-state index in [1.54, 1.807) is 43.5 Å². The molecular weight excluding hydrogens is 390 g/mol. The first-order valence-electron chi connectivity index (χ1n) is 9.46. The van der Waals surface area contributed by atoms with Crippen molar-refractivity contribution < 1.29 is 18.0 Å². The van der Waals surface area contributed by atoms with E-state index >= 15 is 0 Å². The highest BCUT2D eigenvalue weighted by Gasteiger charge is 2.31. The van der Waals surface area contributed by atoms with Gasteiger partial charge in [-0.05, 0) is 62.1 Å². The molecule has 0 aliphatic carbocycles. The number of amides is 2. The van der Waals surface area contributed by atoms with Gasteiger partial charge in [0, 0.05) is 25.0 Å². The Kier molecular flexibility index (Phi) is 7.50. The number of nitrogens with one attached hydrogen (secondary N) is 2. The van der Waals surface area contributed by atoms with E-state index in [4.69, 9.17) is 0 Å². The van der Waals surface area contributed by atoms with Crippen molar-refractivity contribution in [2.75, 3.05) is 6.54 Å². The molecule has 0 unspecified atom stereocenters. The minimum Gasteiger partial charge on any atom is -0.346 e. The fourth-order valence-corrected chi connectivity index (χ4v) is 4.41. The third kappa shape index (κ3) is 5.63. The second-order valence-electron chi connectivity index (χ2n) is 7.06. The lowest BCUT2D eigenvalue weighted by Crippen LogP contribution is -2.45. The largest absolute Gasteiger partial charge is 0.346 e. The lowest BCUT2D eigenvalue weighted by Gasteiger charge is -2.19. The van der Waals surface area contributed by atoms with Gasteiger partial charge in [-0.15, -0.1) is 0 Å². The number of carbonyl (C=O) groups is 2. The maximum atomic E-state index is 13.3. The van der Waals surface area contributed by atoms with Gasteiger partial charge in [-0.2, -0.15) is 0 Å². The van der Waals surface area contributed by atoms with Crippen LogP contribution in [0.15, 0.2) is 47.6 Å². The van der Waals surface area contributed by atoms with Crippen LogP contribution >= 0.6 is 0 Å². The van der Waals surface area contributed by atoms with Crippen molar-refractivity contribution in [3.05, 3.63) is 59.4 Å². The summed E-state index contributed by atoms with van der Waals surface area (Å²) in [6.45, 7) is 7.17. The molecule has 2 atom stereocenters. The number of hydrogen-bond donors (Lipinski definition) is 2. The molecule has 0 bridgehead atoms. The standard InChI is InChI=1S/C21H27N3O4S/c1-5-16(4)24-21(26)20(25)23-13-19(17-7-6-10-22-12-17)29(27,28)18-9-8-14(2)15(3)11-18/h6-12,16,19H,5,13H2,1-4H3,(H,23,25)(H,24,26)/t16-,19-/m1/s1. The van der Waals surface area contributed by atoms with Crippen molar-refractivity contribution >= 4 is 21.7 Å². The summed E-state index contributed by atoms with van der Waals surface area (Å²) in [6, 6.07) is 8.05. The summed E-state index contributed by atoms with van der Waals surface area (Å²) in [7, 11) is -3.83. The summed E-state index contributed by atoms with van der Waals surface area (Å²) in [5.41, 5.74) is 2.28. The van der Waals surface area contributed by atoms with E-state index in [0.717, 1.165) is 11.1 Å². The average molecular weight is 418 g/mol. The van der Waals surface area contributed by atoms with Crippen LogP contribution in [0.2, 0.25) is 0 Å². The molecule has 2 amide bonds. The van der Waals surface area contributed by atoms with Crippen molar-refractivity contribution in [2.24, 2.45) is 0 Å². The Morgan fingerprint density at radius 3 is 2.41 bits per heavy atom. The van der Waals surface area contributed by atoms with Gasteiger partial charge in [0.05, 0.1) is 4.90 Å². The van der Waals surface area contributed by atoms with Crippen molar-refractivity contribution in [2.45, 2.75) is 50.3 Å². The van der Waals surface area contributed by atoms with Crippen LogP contribution in [0, 0.1) is 13.8 Å². The second-order valence-corrected chi connectivity index (χ2v) is 9.19. The predicted molar refractivity (Wildman–Crippen MR) is 111 cm³/mol. The Hall–Kier alpha value is -2.74. The molecule has 29 heavy (non-hydrogen) atoms. The zero-order chi connectivity index (χ0) is 21.6. The van der Waals surface area contributed by atoms with Crippen LogP contribution in [0.4, 0.5) is 0 Å². The number of pyridine rings is 1. The number of carbonyl (C=O) groups excluding carboxylic acids is 2. The van der Waals surface area contributed by atoms with E-state index in [1.165, 1.54) is 6.20 Å².